The van der Waals surface area contributed by atoms with Crippen molar-refractivity contribution in [1.29, 1.82) is 0 Å². The Morgan fingerprint density at radius 3 is 2.50 bits per heavy atom. The van der Waals surface area contributed by atoms with Crippen LogP contribution in [0.15, 0.2) is 27.1 Å². The zero-order valence-corrected chi connectivity index (χ0v) is 15.2. The van der Waals surface area contributed by atoms with Crippen molar-refractivity contribution in [3.63, 3.8) is 0 Å². The Balaban J connectivity index is 2.64. The van der Waals surface area contributed by atoms with Crippen molar-refractivity contribution in [2.45, 2.75) is 19.8 Å². The Bertz CT molecular complexity index is 647. The lowest BCUT2D eigenvalue weighted by Crippen LogP contribution is -2.01. The molecule has 1 heterocycles. The summed E-state index contributed by atoms with van der Waals surface area (Å²) in [7, 11) is 1.63. The number of halogens is 3. The fourth-order valence-electron chi connectivity index (χ4n) is 1.74. The molecule has 0 N–H and O–H groups in total. The number of hydrogen-bond acceptors (Lipinski definition) is 3. The number of aromatic nitrogens is 2. The van der Waals surface area contributed by atoms with Gasteiger partial charge in [0.15, 0.2) is 5.82 Å². The molecule has 0 aliphatic heterocycles. The van der Waals surface area contributed by atoms with Gasteiger partial charge in [-0.05, 0) is 40.0 Å². The van der Waals surface area contributed by atoms with E-state index in [-0.39, 0.29) is 5.92 Å². The smallest absolute Gasteiger partial charge is 0.162 e. The largest absolute Gasteiger partial charge is 0.497 e. The maximum Gasteiger partial charge on any atom is 0.162 e. The predicted octanol–water partition coefficient (Wildman–Crippen LogP) is 5.45. The first-order chi connectivity index (χ1) is 9.43. The molecule has 2 rings (SSSR count). The molecule has 0 radical (unpaired) electrons. The van der Waals surface area contributed by atoms with Crippen LogP contribution < -0.4 is 4.74 Å². The number of hydrogen-bond donors (Lipinski definition) is 0. The third kappa shape index (κ3) is 3.15. The van der Waals surface area contributed by atoms with E-state index in [0.29, 0.717) is 11.0 Å². The molecule has 0 bridgehead atoms. The van der Waals surface area contributed by atoms with Crippen LogP contribution in [0.25, 0.3) is 11.4 Å². The van der Waals surface area contributed by atoms with Crippen LogP contribution in [-0.4, -0.2) is 17.1 Å². The molecule has 106 valence electrons. The first-order valence-electron chi connectivity index (χ1n) is 6.01. The Labute approximate surface area is 140 Å². The molecule has 6 heteroatoms. The first kappa shape index (κ1) is 15.7. The van der Waals surface area contributed by atoms with Gasteiger partial charge in [0.2, 0.25) is 0 Å². The quantitative estimate of drug-likeness (QED) is 0.619. The second-order valence-corrected chi connectivity index (χ2v) is 6.54. The molecule has 0 saturated carbocycles. The minimum atomic E-state index is 0.244. The van der Waals surface area contributed by atoms with E-state index in [1.807, 2.05) is 18.2 Å². The Morgan fingerprint density at radius 2 is 1.90 bits per heavy atom. The van der Waals surface area contributed by atoms with E-state index >= 15 is 0 Å². The van der Waals surface area contributed by atoms with E-state index in [4.69, 9.17) is 16.3 Å². The monoisotopic (exact) mass is 418 g/mol. The maximum atomic E-state index is 6.19. The van der Waals surface area contributed by atoms with Crippen LogP contribution in [0.2, 0.25) is 5.15 Å². The molecular formula is C14H13Br2ClN2O. The summed E-state index contributed by atoms with van der Waals surface area (Å²) in [6.45, 7) is 4.13. The van der Waals surface area contributed by atoms with E-state index in [2.05, 4.69) is 55.7 Å². The minimum absolute atomic E-state index is 0.244. The summed E-state index contributed by atoms with van der Waals surface area (Å²) in [5.41, 5.74) is 1.73. The molecule has 3 nitrogen and oxygen atoms in total. The van der Waals surface area contributed by atoms with Gasteiger partial charge in [0.1, 0.15) is 10.9 Å². The van der Waals surface area contributed by atoms with Gasteiger partial charge in [0.05, 0.1) is 17.3 Å². The van der Waals surface area contributed by atoms with Crippen LogP contribution in [0.1, 0.15) is 25.5 Å². The molecule has 20 heavy (non-hydrogen) atoms. The summed E-state index contributed by atoms with van der Waals surface area (Å²) in [5.74, 6) is 1.57. The molecule has 0 amide bonds. The summed E-state index contributed by atoms with van der Waals surface area (Å²) < 4.78 is 6.89. The molecule has 0 fully saturated rings. The predicted molar refractivity (Wildman–Crippen MR) is 88.5 cm³/mol. The topological polar surface area (TPSA) is 35.0 Å². The molecule has 0 aliphatic rings. The fraction of sp³-hybridized carbons (Fsp3) is 0.286. The second-order valence-electron chi connectivity index (χ2n) is 4.54. The van der Waals surface area contributed by atoms with Gasteiger partial charge < -0.3 is 4.74 Å². The fourth-order valence-corrected chi connectivity index (χ4v) is 2.98. The minimum Gasteiger partial charge on any atom is -0.497 e. The molecule has 0 spiro atoms. The van der Waals surface area contributed by atoms with Crippen molar-refractivity contribution in [1.82, 2.24) is 9.97 Å². The zero-order chi connectivity index (χ0) is 14.9. The number of methoxy groups -OCH3 is 1. The van der Waals surface area contributed by atoms with Crippen molar-refractivity contribution >= 4 is 43.5 Å². The second kappa shape index (κ2) is 6.41. The zero-order valence-electron chi connectivity index (χ0n) is 11.2. The molecule has 0 atom stereocenters. The molecule has 1 aromatic heterocycles. The molecule has 1 aromatic carbocycles. The third-order valence-corrected chi connectivity index (χ3v) is 4.77. The number of benzene rings is 1. The lowest BCUT2D eigenvalue weighted by atomic mass is 10.1. The summed E-state index contributed by atoms with van der Waals surface area (Å²) in [6, 6.07) is 5.66. The lowest BCUT2D eigenvalue weighted by molar-refractivity contribution is 0.415. The number of rotatable bonds is 3. The average Bonchev–Trinajstić information content (AvgIpc) is 2.42. The van der Waals surface area contributed by atoms with Gasteiger partial charge in [-0.2, -0.15) is 0 Å². The Morgan fingerprint density at radius 1 is 1.20 bits per heavy atom. The molecule has 0 unspecified atom stereocenters. The van der Waals surface area contributed by atoms with Crippen LogP contribution in [-0.2, 0) is 0 Å². The Hall–Kier alpha value is -0.650. The standard InChI is InChI=1S/C14H13Br2ClN2O/c1-7(2)12-11(16)13(17)19-14(18-12)9-6-8(20-3)4-5-10(9)15/h4-7H,1-3H3. The van der Waals surface area contributed by atoms with Gasteiger partial charge in [0.25, 0.3) is 0 Å². The van der Waals surface area contributed by atoms with Crippen LogP contribution in [0.3, 0.4) is 0 Å². The van der Waals surface area contributed by atoms with E-state index in [0.717, 1.165) is 26.0 Å². The van der Waals surface area contributed by atoms with Gasteiger partial charge in [-0.25, -0.2) is 9.97 Å². The van der Waals surface area contributed by atoms with E-state index in [9.17, 15) is 0 Å². The number of ether oxygens (including phenoxy) is 1. The maximum absolute atomic E-state index is 6.19. The molecular weight excluding hydrogens is 407 g/mol. The molecule has 0 saturated heterocycles. The van der Waals surface area contributed by atoms with Crippen LogP contribution >= 0.6 is 43.5 Å². The van der Waals surface area contributed by atoms with Gasteiger partial charge >= 0.3 is 0 Å². The van der Waals surface area contributed by atoms with E-state index < -0.39 is 0 Å². The highest BCUT2D eigenvalue weighted by atomic mass is 79.9. The van der Waals surface area contributed by atoms with Crippen molar-refractivity contribution < 1.29 is 4.74 Å². The van der Waals surface area contributed by atoms with Crippen molar-refractivity contribution in [3.05, 3.63) is 38.0 Å². The normalized spacial score (nSPS) is 10.9. The highest BCUT2D eigenvalue weighted by Gasteiger charge is 2.16. The Kier molecular flexibility index (Phi) is 5.04. The summed E-state index contributed by atoms with van der Waals surface area (Å²) in [5, 5.41) is 0.411. The van der Waals surface area contributed by atoms with Crippen molar-refractivity contribution in [2.24, 2.45) is 0 Å². The van der Waals surface area contributed by atoms with Crippen LogP contribution in [0.5, 0.6) is 5.75 Å². The van der Waals surface area contributed by atoms with Gasteiger partial charge in [-0.3, -0.25) is 0 Å². The van der Waals surface area contributed by atoms with Crippen LogP contribution in [0, 0.1) is 0 Å². The van der Waals surface area contributed by atoms with Crippen molar-refractivity contribution in [3.8, 4) is 17.1 Å². The third-order valence-electron chi connectivity index (χ3n) is 2.80. The highest BCUT2D eigenvalue weighted by molar-refractivity contribution is 9.11. The molecule has 2 aromatic rings. The van der Waals surface area contributed by atoms with E-state index in [1.54, 1.807) is 7.11 Å². The van der Waals surface area contributed by atoms with Crippen LogP contribution in [0.4, 0.5) is 0 Å². The first-order valence-corrected chi connectivity index (χ1v) is 7.97. The van der Waals surface area contributed by atoms with Gasteiger partial charge in [0, 0.05) is 10.0 Å². The molecule has 0 aliphatic carbocycles. The lowest BCUT2D eigenvalue weighted by Gasteiger charge is -2.12. The SMILES string of the molecule is COc1ccc(Br)c(-c2nc(Cl)c(Br)c(C(C)C)n2)c1. The van der Waals surface area contributed by atoms with E-state index in [1.165, 1.54) is 0 Å². The van der Waals surface area contributed by atoms with Gasteiger partial charge in [-0.15, -0.1) is 0 Å². The summed E-state index contributed by atoms with van der Waals surface area (Å²) >= 11 is 13.1. The number of nitrogens with zero attached hydrogens (tertiary/aromatic N) is 2. The average molecular weight is 421 g/mol. The van der Waals surface area contributed by atoms with Gasteiger partial charge in [-0.1, -0.05) is 41.4 Å². The summed E-state index contributed by atoms with van der Waals surface area (Å²) in [4.78, 5) is 8.96. The summed E-state index contributed by atoms with van der Waals surface area (Å²) in [6.07, 6.45) is 0. The highest BCUT2D eigenvalue weighted by Crippen LogP contribution is 2.34. The van der Waals surface area contributed by atoms with Crippen molar-refractivity contribution in [2.75, 3.05) is 7.11 Å².